The van der Waals surface area contributed by atoms with Crippen LogP contribution in [0.5, 0.6) is 0 Å². The van der Waals surface area contributed by atoms with Crippen LogP contribution in [0.3, 0.4) is 0 Å². The summed E-state index contributed by atoms with van der Waals surface area (Å²) in [5.41, 5.74) is 4.28. The number of hydrogen-bond acceptors (Lipinski definition) is 3. The van der Waals surface area contributed by atoms with Gasteiger partial charge in [0, 0.05) is 11.3 Å². The zero-order valence-electron chi connectivity index (χ0n) is 16.9. The van der Waals surface area contributed by atoms with E-state index in [2.05, 4.69) is 24.0 Å². The van der Waals surface area contributed by atoms with E-state index in [1.807, 2.05) is 57.2 Å². The maximum atomic E-state index is 12.6. The second-order valence-electron chi connectivity index (χ2n) is 8.11. The number of carbonyl (C=O) groups is 2. The van der Waals surface area contributed by atoms with Gasteiger partial charge in [-0.2, -0.15) is 0 Å². The van der Waals surface area contributed by atoms with Crippen molar-refractivity contribution in [3.8, 4) is 23.0 Å². The lowest BCUT2D eigenvalue weighted by Crippen LogP contribution is -2.37. The topological polar surface area (TPSA) is 66.8 Å². The standard InChI is InChI=1S/C24H25NO4/c1-24(2,3)13-8-14-25(15-22(26)27)23(28)29-16-21-19-11-6-4-9-17(19)18-10-5-7-12-20(18)21/h4-7,9-12,21H,14-16H2,1-3H3,(H,26,27). The molecule has 5 nitrogen and oxygen atoms in total. The van der Waals surface area contributed by atoms with Gasteiger partial charge >= 0.3 is 12.1 Å². The molecule has 1 aliphatic carbocycles. The molecule has 0 saturated carbocycles. The van der Waals surface area contributed by atoms with Gasteiger partial charge in [0.15, 0.2) is 0 Å². The van der Waals surface area contributed by atoms with E-state index in [4.69, 9.17) is 9.84 Å². The van der Waals surface area contributed by atoms with Crippen LogP contribution in [0.25, 0.3) is 11.1 Å². The highest BCUT2D eigenvalue weighted by Crippen LogP contribution is 2.44. The predicted molar refractivity (Wildman–Crippen MR) is 112 cm³/mol. The Hall–Kier alpha value is -3.26. The second-order valence-corrected chi connectivity index (χ2v) is 8.11. The van der Waals surface area contributed by atoms with Crippen molar-refractivity contribution in [2.75, 3.05) is 19.7 Å². The highest BCUT2D eigenvalue weighted by molar-refractivity contribution is 5.79. The summed E-state index contributed by atoms with van der Waals surface area (Å²) in [6.45, 7) is 5.57. The number of fused-ring (bicyclic) bond motifs is 3. The molecule has 0 aromatic heterocycles. The van der Waals surface area contributed by atoms with E-state index in [-0.39, 0.29) is 24.5 Å². The van der Waals surface area contributed by atoms with E-state index in [9.17, 15) is 9.59 Å². The number of ether oxygens (including phenoxy) is 1. The Kier molecular flexibility index (Phi) is 5.93. The molecule has 0 saturated heterocycles. The number of carboxylic acids is 1. The lowest BCUT2D eigenvalue weighted by molar-refractivity contribution is -0.137. The van der Waals surface area contributed by atoms with Gasteiger partial charge in [-0.25, -0.2) is 4.79 Å². The minimum Gasteiger partial charge on any atom is -0.480 e. The van der Waals surface area contributed by atoms with Crippen molar-refractivity contribution < 1.29 is 19.4 Å². The molecule has 0 aliphatic heterocycles. The van der Waals surface area contributed by atoms with Crippen LogP contribution in [0.4, 0.5) is 4.79 Å². The Morgan fingerprint density at radius 2 is 1.59 bits per heavy atom. The van der Waals surface area contributed by atoms with Crippen LogP contribution in [0.1, 0.15) is 37.8 Å². The summed E-state index contributed by atoms with van der Waals surface area (Å²) in [6.07, 6.45) is -0.669. The number of rotatable bonds is 5. The van der Waals surface area contributed by atoms with Gasteiger partial charge in [0.2, 0.25) is 0 Å². The Morgan fingerprint density at radius 3 is 2.10 bits per heavy atom. The highest BCUT2D eigenvalue weighted by atomic mass is 16.6. The number of nitrogens with zero attached hydrogens (tertiary/aromatic N) is 1. The predicted octanol–water partition coefficient (Wildman–Crippen LogP) is 4.37. The summed E-state index contributed by atoms with van der Waals surface area (Å²) in [5.74, 6) is 4.72. The van der Waals surface area contributed by atoms with Crippen molar-refractivity contribution in [2.45, 2.75) is 26.7 Å². The third-order valence-corrected chi connectivity index (χ3v) is 4.65. The van der Waals surface area contributed by atoms with Gasteiger partial charge in [0.25, 0.3) is 0 Å². The summed E-state index contributed by atoms with van der Waals surface area (Å²) in [7, 11) is 0. The molecule has 150 valence electrons. The molecule has 1 aliphatic rings. The first-order valence-electron chi connectivity index (χ1n) is 9.58. The monoisotopic (exact) mass is 391 g/mol. The number of benzene rings is 2. The van der Waals surface area contributed by atoms with E-state index in [1.165, 1.54) is 0 Å². The van der Waals surface area contributed by atoms with Crippen LogP contribution >= 0.6 is 0 Å². The minimum atomic E-state index is -1.10. The van der Waals surface area contributed by atoms with Crippen LogP contribution in [0.15, 0.2) is 48.5 Å². The fraction of sp³-hybridized carbons (Fsp3) is 0.333. The molecule has 0 fully saturated rings. The Labute approximate surface area is 171 Å². The summed E-state index contributed by atoms with van der Waals surface area (Å²) in [6, 6.07) is 16.1. The molecule has 2 aromatic rings. The number of aliphatic carboxylic acids is 1. The van der Waals surface area contributed by atoms with Crippen LogP contribution in [-0.2, 0) is 9.53 Å². The zero-order valence-corrected chi connectivity index (χ0v) is 16.9. The van der Waals surface area contributed by atoms with Crippen molar-refractivity contribution in [1.29, 1.82) is 0 Å². The van der Waals surface area contributed by atoms with Gasteiger partial charge < -0.3 is 9.84 Å². The Bertz CT molecular complexity index is 933. The quantitative estimate of drug-likeness (QED) is 0.769. The summed E-state index contributed by atoms with van der Waals surface area (Å²) in [4.78, 5) is 24.9. The van der Waals surface area contributed by atoms with E-state index in [0.717, 1.165) is 27.2 Å². The number of amides is 1. The number of hydrogen-bond donors (Lipinski definition) is 1. The van der Waals surface area contributed by atoms with Crippen molar-refractivity contribution in [3.63, 3.8) is 0 Å². The molecule has 0 heterocycles. The van der Waals surface area contributed by atoms with Gasteiger partial charge in [-0.1, -0.05) is 60.4 Å². The average Bonchev–Trinajstić information content (AvgIpc) is 2.98. The molecule has 2 aromatic carbocycles. The van der Waals surface area contributed by atoms with E-state index in [1.54, 1.807) is 0 Å². The van der Waals surface area contributed by atoms with Crippen LogP contribution in [-0.4, -0.2) is 41.8 Å². The molecule has 29 heavy (non-hydrogen) atoms. The molecular weight excluding hydrogens is 366 g/mol. The second kappa shape index (κ2) is 8.40. The van der Waals surface area contributed by atoms with E-state index in [0.29, 0.717) is 0 Å². The molecule has 1 N–H and O–H groups in total. The summed E-state index contributed by atoms with van der Waals surface area (Å²) >= 11 is 0. The van der Waals surface area contributed by atoms with Crippen LogP contribution in [0, 0.1) is 17.3 Å². The molecule has 0 bridgehead atoms. The minimum absolute atomic E-state index is 0.0141. The first-order chi connectivity index (χ1) is 13.8. The van der Waals surface area contributed by atoms with Crippen molar-refractivity contribution >= 4 is 12.1 Å². The first kappa shape index (κ1) is 20.5. The fourth-order valence-corrected chi connectivity index (χ4v) is 3.43. The summed E-state index contributed by atoms with van der Waals surface area (Å²) in [5, 5.41) is 9.13. The molecule has 0 radical (unpaired) electrons. The summed E-state index contributed by atoms with van der Waals surface area (Å²) < 4.78 is 5.54. The van der Waals surface area contributed by atoms with Crippen LogP contribution < -0.4 is 0 Å². The van der Waals surface area contributed by atoms with Gasteiger partial charge in [0.1, 0.15) is 13.2 Å². The molecule has 0 unspecified atom stereocenters. The number of carboxylic acid groups (broad SMARTS) is 1. The van der Waals surface area contributed by atoms with Gasteiger partial charge in [0.05, 0.1) is 6.54 Å². The maximum absolute atomic E-state index is 12.6. The smallest absolute Gasteiger partial charge is 0.411 e. The molecule has 5 heteroatoms. The average molecular weight is 391 g/mol. The zero-order chi connectivity index (χ0) is 21.0. The Morgan fingerprint density at radius 1 is 1.03 bits per heavy atom. The Balaban J connectivity index is 1.74. The fourth-order valence-electron chi connectivity index (χ4n) is 3.43. The lowest BCUT2D eigenvalue weighted by atomic mass is 9.98. The number of carbonyl (C=O) groups excluding carboxylic acids is 1. The third-order valence-electron chi connectivity index (χ3n) is 4.65. The largest absolute Gasteiger partial charge is 0.480 e. The molecule has 0 atom stereocenters. The van der Waals surface area contributed by atoms with E-state index < -0.39 is 18.6 Å². The van der Waals surface area contributed by atoms with E-state index >= 15 is 0 Å². The molecular formula is C24H25NO4. The van der Waals surface area contributed by atoms with Crippen molar-refractivity contribution in [3.05, 3.63) is 59.7 Å². The lowest BCUT2D eigenvalue weighted by Gasteiger charge is -2.20. The van der Waals surface area contributed by atoms with Gasteiger partial charge in [-0.15, -0.1) is 0 Å². The normalized spacial score (nSPS) is 12.4. The van der Waals surface area contributed by atoms with Gasteiger partial charge in [-0.3, -0.25) is 9.69 Å². The molecule has 0 spiro atoms. The van der Waals surface area contributed by atoms with Crippen molar-refractivity contribution in [1.82, 2.24) is 4.90 Å². The molecule has 1 amide bonds. The van der Waals surface area contributed by atoms with Crippen LogP contribution in [0.2, 0.25) is 0 Å². The first-order valence-corrected chi connectivity index (χ1v) is 9.58. The van der Waals surface area contributed by atoms with Gasteiger partial charge in [-0.05, 0) is 43.0 Å². The SMILES string of the molecule is CC(C)(C)C#CCN(CC(=O)O)C(=O)OCC1c2ccccc2-c2ccccc21. The molecule has 3 rings (SSSR count). The van der Waals surface area contributed by atoms with Crippen molar-refractivity contribution in [2.24, 2.45) is 5.41 Å². The maximum Gasteiger partial charge on any atom is 0.411 e. The third kappa shape index (κ3) is 4.97. The highest BCUT2D eigenvalue weighted by Gasteiger charge is 2.29.